The van der Waals surface area contributed by atoms with Crippen molar-refractivity contribution in [3.8, 4) is 0 Å². The first-order chi connectivity index (χ1) is 28.0. The summed E-state index contributed by atoms with van der Waals surface area (Å²) in [6, 6.07) is 17.4. The average molecular weight is 802 g/mol. The van der Waals surface area contributed by atoms with E-state index in [-0.39, 0.29) is 30.1 Å². The summed E-state index contributed by atoms with van der Waals surface area (Å²) in [4.78, 5) is 77.9. The van der Waals surface area contributed by atoms with Gasteiger partial charge in [-0.05, 0) is 110 Å². The minimum absolute atomic E-state index is 0.0958. The number of benzene rings is 3. The second kappa shape index (κ2) is 15.2. The molecule has 0 bridgehead atoms. The van der Waals surface area contributed by atoms with Gasteiger partial charge in [-0.25, -0.2) is 4.85 Å². The van der Waals surface area contributed by atoms with E-state index in [0.29, 0.717) is 53.3 Å². The molecule has 3 aromatic rings. The van der Waals surface area contributed by atoms with Crippen molar-refractivity contribution in [1.29, 1.82) is 0 Å². The fraction of sp³-hybridized carbons (Fsp3) is 0.467. The van der Waals surface area contributed by atoms with E-state index in [2.05, 4.69) is 56.1 Å². The summed E-state index contributed by atoms with van der Waals surface area (Å²) in [5.74, 6) is -1.32. The van der Waals surface area contributed by atoms with Crippen molar-refractivity contribution >= 4 is 58.2 Å². The summed E-state index contributed by atoms with van der Waals surface area (Å²) in [6.45, 7) is 16.3. The van der Waals surface area contributed by atoms with E-state index in [1.165, 1.54) is 5.69 Å². The molecule has 4 saturated heterocycles. The van der Waals surface area contributed by atoms with E-state index in [1.807, 2.05) is 35.2 Å². The van der Waals surface area contributed by atoms with Crippen molar-refractivity contribution in [3.05, 3.63) is 98.9 Å². The zero-order valence-electron chi connectivity index (χ0n) is 32.8. The van der Waals surface area contributed by atoms with Gasteiger partial charge in [0.1, 0.15) is 6.04 Å². The first-order valence-electron chi connectivity index (χ1n) is 20.6. The van der Waals surface area contributed by atoms with Gasteiger partial charge in [-0.2, -0.15) is 0 Å². The third-order valence-corrected chi connectivity index (χ3v) is 14.0. The van der Waals surface area contributed by atoms with E-state index < -0.39 is 23.8 Å². The Morgan fingerprint density at radius 2 is 1.53 bits per heavy atom. The molecule has 9 rings (SSSR count). The Labute approximate surface area is 343 Å². The fourth-order valence-electron chi connectivity index (χ4n) is 10.4. The van der Waals surface area contributed by atoms with Crippen LogP contribution in [0.25, 0.3) is 4.85 Å². The highest BCUT2D eigenvalue weighted by Crippen LogP contribution is 2.46. The lowest BCUT2D eigenvalue weighted by atomic mass is 9.76. The summed E-state index contributed by atoms with van der Waals surface area (Å²) in [6.07, 6.45) is 5.90. The molecule has 6 heterocycles. The van der Waals surface area contributed by atoms with Gasteiger partial charge in [-0.1, -0.05) is 29.8 Å². The second-order valence-electron chi connectivity index (χ2n) is 17.4. The van der Waals surface area contributed by atoms with E-state index in [0.717, 1.165) is 98.7 Å². The quantitative estimate of drug-likeness (QED) is 0.230. The maximum atomic E-state index is 13.4. The lowest BCUT2D eigenvalue weighted by molar-refractivity contribution is -0.136. The maximum absolute atomic E-state index is 13.4. The van der Waals surface area contributed by atoms with Crippen LogP contribution >= 0.6 is 11.6 Å². The summed E-state index contributed by atoms with van der Waals surface area (Å²) in [5.41, 5.74) is 6.81. The number of hydrogen-bond donors (Lipinski definition) is 1. The minimum atomic E-state index is -0.965. The number of rotatable bonds is 7. The van der Waals surface area contributed by atoms with Crippen LogP contribution in [-0.4, -0.2) is 95.6 Å². The molecule has 6 aliphatic rings. The Morgan fingerprint density at radius 1 is 0.879 bits per heavy atom. The summed E-state index contributed by atoms with van der Waals surface area (Å²) >= 11 is 6.39. The molecule has 0 aromatic heterocycles. The number of piperidine rings is 3. The van der Waals surface area contributed by atoms with Gasteiger partial charge in [0, 0.05) is 81.2 Å². The van der Waals surface area contributed by atoms with Crippen molar-refractivity contribution < 1.29 is 24.0 Å². The third kappa shape index (κ3) is 7.13. The van der Waals surface area contributed by atoms with Crippen molar-refractivity contribution in [3.63, 3.8) is 0 Å². The van der Waals surface area contributed by atoms with Crippen molar-refractivity contribution in [2.45, 2.75) is 83.5 Å². The molecule has 2 atom stereocenters. The third-order valence-electron chi connectivity index (χ3n) is 13.7. The number of hydrogen-bond acceptors (Lipinski definition) is 8. The van der Waals surface area contributed by atoms with Gasteiger partial charge >= 0.3 is 0 Å². The molecule has 0 radical (unpaired) electrons. The molecule has 3 aromatic carbocycles. The number of anilines is 2. The highest BCUT2D eigenvalue weighted by atomic mass is 35.5. The van der Waals surface area contributed by atoms with E-state index in [9.17, 15) is 24.0 Å². The number of carbonyl (C=O) groups excluding carboxylic acids is 5. The molecule has 1 N–H and O–H groups in total. The van der Waals surface area contributed by atoms with Gasteiger partial charge in [0.05, 0.1) is 24.1 Å². The highest BCUT2D eigenvalue weighted by Gasteiger charge is 2.46. The number of amides is 5. The number of halogens is 1. The van der Waals surface area contributed by atoms with Crippen molar-refractivity contribution in [1.82, 2.24) is 20.0 Å². The Bertz CT molecular complexity index is 2190. The summed E-state index contributed by atoms with van der Waals surface area (Å²) in [5, 5.41) is 2.76. The number of imide groups is 2. The first kappa shape index (κ1) is 38.3. The normalized spacial score (nSPS) is 23.4. The molecule has 5 amide bonds. The average Bonchev–Trinajstić information content (AvgIpc) is 3.84. The standard InChI is InChI=1S/C45H48ClN7O5/c1-28-23-45(27-52(28)34-7-8-38(47-2)37(46)22-34)13-17-50(18-14-45)33-5-3-29(4-6-33)19-41(55)51-15-11-30(12-16-51)24-49-25-31-20-35-36(21-32(31)26-49)44(58)53(43(35)57)39-9-10-40(54)48-42(39)56/h3-8,20-22,28,30,39H,9-19,23-27H2,1H3,(H,48,54,56)/t28-,39?/m0/s1. The number of nitrogens with one attached hydrogen (secondary N) is 1. The van der Waals surface area contributed by atoms with Crippen LogP contribution in [0.5, 0.6) is 0 Å². The van der Waals surface area contributed by atoms with Gasteiger partial charge in [0.25, 0.3) is 11.8 Å². The van der Waals surface area contributed by atoms with Crippen LogP contribution < -0.4 is 15.1 Å². The summed E-state index contributed by atoms with van der Waals surface area (Å²) in [7, 11) is 0. The predicted molar refractivity (Wildman–Crippen MR) is 220 cm³/mol. The van der Waals surface area contributed by atoms with Crippen LogP contribution in [0.2, 0.25) is 5.02 Å². The molecule has 1 spiro atoms. The topological polar surface area (TPSA) is 118 Å². The van der Waals surface area contributed by atoms with Crippen LogP contribution in [-0.2, 0) is 33.9 Å². The number of carbonyl (C=O) groups is 5. The van der Waals surface area contributed by atoms with Crippen LogP contribution in [0.15, 0.2) is 54.6 Å². The van der Waals surface area contributed by atoms with Gasteiger partial charge in [0.15, 0.2) is 0 Å². The monoisotopic (exact) mass is 801 g/mol. The molecular formula is C45H48ClN7O5. The first-order valence-corrected chi connectivity index (χ1v) is 21.0. The Balaban J connectivity index is 0.725. The molecule has 1 unspecified atom stereocenters. The minimum Gasteiger partial charge on any atom is -0.371 e. The lowest BCUT2D eigenvalue weighted by Gasteiger charge is -2.40. The van der Waals surface area contributed by atoms with Crippen LogP contribution in [0.4, 0.5) is 17.1 Å². The molecule has 6 aliphatic heterocycles. The Kier molecular flexibility index (Phi) is 10.0. The van der Waals surface area contributed by atoms with Gasteiger partial charge in [-0.3, -0.25) is 39.1 Å². The molecule has 58 heavy (non-hydrogen) atoms. The molecule has 4 fully saturated rings. The number of fused-ring (bicyclic) bond motifs is 2. The highest BCUT2D eigenvalue weighted by molar-refractivity contribution is 6.33. The smallest absolute Gasteiger partial charge is 0.262 e. The van der Waals surface area contributed by atoms with Crippen LogP contribution in [0, 0.1) is 17.9 Å². The van der Waals surface area contributed by atoms with Crippen molar-refractivity contribution in [2.75, 3.05) is 49.1 Å². The van der Waals surface area contributed by atoms with Crippen LogP contribution in [0.3, 0.4) is 0 Å². The van der Waals surface area contributed by atoms with E-state index >= 15 is 0 Å². The lowest BCUT2D eigenvalue weighted by Crippen LogP contribution is -2.54. The van der Waals surface area contributed by atoms with Crippen LogP contribution in [0.1, 0.15) is 89.3 Å². The van der Waals surface area contributed by atoms with Gasteiger partial charge in [-0.15, -0.1) is 0 Å². The molecule has 0 aliphatic carbocycles. The Morgan fingerprint density at radius 3 is 2.16 bits per heavy atom. The maximum Gasteiger partial charge on any atom is 0.262 e. The van der Waals surface area contributed by atoms with E-state index in [1.54, 1.807) is 0 Å². The van der Waals surface area contributed by atoms with Gasteiger partial charge in [0.2, 0.25) is 23.4 Å². The molecular weight excluding hydrogens is 754 g/mol. The largest absolute Gasteiger partial charge is 0.371 e. The fourth-order valence-corrected chi connectivity index (χ4v) is 10.7. The molecule has 300 valence electrons. The Hall–Kier alpha value is -5.25. The second-order valence-corrected chi connectivity index (χ2v) is 17.8. The van der Waals surface area contributed by atoms with Gasteiger partial charge < -0.3 is 14.7 Å². The number of nitrogens with zero attached hydrogens (tertiary/aromatic N) is 6. The van der Waals surface area contributed by atoms with Crippen molar-refractivity contribution in [2.24, 2.45) is 11.3 Å². The number of likely N-dealkylation sites (tertiary alicyclic amines) is 1. The molecule has 13 heteroatoms. The SMILES string of the molecule is [C-]#[N+]c1ccc(N2CC3(CCN(c4ccc(CC(=O)N5CCC(CN6Cc7cc8c(cc7C6)C(=O)N(C6CCC(=O)NC6=O)C8=O)CC5)cc4)CC3)C[C@@H]2C)cc1Cl. The zero-order chi connectivity index (χ0) is 40.3. The summed E-state index contributed by atoms with van der Waals surface area (Å²) < 4.78 is 0. The van der Waals surface area contributed by atoms with E-state index in [4.69, 9.17) is 18.2 Å². The molecule has 0 saturated carbocycles. The predicted octanol–water partition coefficient (Wildman–Crippen LogP) is 5.97. The molecule has 12 nitrogen and oxygen atoms in total. The zero-order valence-corrected chi connectivity index (χ0v) is 33.6.